The Morgan fingerprint density at radius 2 is 2.10 bits per heavy atom. The normalized spacial score (nSPS) is 11.7. The highest BCUT2D eigenvalue weighted by Gasteiger charge is 2.16. The van der Waals surface area contributed by atoms with E-state index in [4.69, 9.17) is 16.1 Å². The molecule has 0 saturated carbocycles. The predicted molar refractivity (Wildman–Crippen MR) is 79.9 cm³/mol. The molecule has 0 bridgehead atoms. The van der Waals surface area contributed by atoms with E-state index >= 15 is 0 Å². The largest absolute Gasteiger partial charge is 0.382 e. The number of nitrogens with one attached hydrogen (secondary N) is 1. The van der Waals surface area contributed by atoms with Gasteiger partial charge in [-0.25, -0.2) is 0 Å². The number of nitrogens with zero attached hydrogens (tertiary/aromatic N) is 3. The molecule has 0 aliphatic rings. The molecule has 0 amide bonds. The van der Waals surface area contributed by atoms with E-state index in [-0.39, 0.29) is 5.89 Å². The minimum Gasteiger partial charge on any atom is -0.382 e. The van der Waals surface area contributed by atoms with Crippen molar-refractivity contribution < 1.29 is 4.52 Å². The van der Waals surface area contributed by atoms with Crippen LogP contribution in [0.25, 0.3) is 17.0 Å². The quantitative estimate of drug-likeness (QED) is 0.875. The fourth-order valence-corrected chi connectivity index (χ4v) is 2.23. The molecule has 0 atom stereocenters. The van der Waals surface area contributed by atoms with Crippen molar-refractivity contribution in [2.45, 2.75) is 0 Å². The van der Waals surface area contributed by atoms with E-state index < -0.39 is 0 Å². The topological polar surface area (TPSA) is 74.7 Å². The first-order valence-electron chi connectivity index (χ1n) is 5.65. The molecular weight excluding hydrogens is 296 g/mol. The van der Waals surface area contributed by atoms with Crippen LogP contribution in [0.2, 0.25) is 5.02 Å². The van der Waals surface area contributed by atoms with E-state index in [0.29, 0.717) is 21.4 Å². The zero-order valence-corrected chi connectivity index (χ0v) is 12.4. The summed E-state index contributed by atoms with van der Waals surface area (Å²) in [6.07, 6.45) is 1.86. The monoisotopic (exact) mass is 306 g/mol. The van der Waals surface area contributed by atoms with Crippen molar-refractivity contribution in [2.24, 2.45) is 0 Å². The van der Waals surface area contributed by atoms with Crippen molar-refractivity contribution in [1.82, 2.24) is 15.5 Å². The summed E-state index contributed by atoms with van der Waals surface area (Å²) >= 11 is 7.24. The molecule has 5 nitrogen and oxygen atoms in total. The van der Waals surface area contributed by atoms with Gasteiger partial charge in [-0.15, -0.1) is 11.8 Å². The van der Waals surface area contributed by atoms with Crippen LogP contribution in [0.15, 0.2) is 33.8 Å². The SMILES string of the molecule is CN/C(SC)=C(\C#N)c1nc(-c2ccc(Cl)cc2)no1. The Hall–Kier alpha value is -1.97. The number of rotatable bonds is 4. The lowest BCUT2D eigenvalue weighted by Gasteiger charge is -2.02. The van der Waals surface area contributed by atoms with E-state index in [9.17, 15) is 5.26 Å². The number of halogens is 1. The highest BCUT2D eigenvalue weighted by atomic mass is 35.5. The highest BCUT2D eigenvalue weighted by molar-refractivity contribution is 8.02. The maximum Gasteiger partial charge on any atom is 0.271 e. The molecule has 0 aliphatic carbocycles. The van der Waals surface area contributed by atoms with Crippen LogP contribution in [0.3, 0.4) is 0 Å². The van der Waals surface area contributed by atoms with Crippen LogP contribution in [0.5, 0.6) is 0 Å². The van der Waals surface area contributed by atoms with Gasteiger partial charge in [0.05, 0.1) is 5.03 Å². The third kappa shape index (κ3) is 2.95. The van der Waals surface area contributed by atoms with Crippen molar-refractivity contribution in [3.63, 3.8) is 0 Å². The van der Waals surface area contributed by atoms with E-state index in [1.165, 1.54) is 11.8 Å². The lowest BCUT2D eigenvalue weighted by atomic mass is 10.2. The maximum absolute atomic E-state index is 9.22. The molecule has 1 aromatic carbocycles. The average Bonchev–Trinajstić information content (AvgIpc) is 2.94. The molecule has 1 N–H and O–H groups in total. The van der Waals surface area contributed by atoms with E-state index in [2.05, 4.69) is 21.5 Å². The minimum atomic E-state index is 0.191. The second-order valence-electron chi connectivity index (χ2n) is 3.70. The average molecular weight is 307 g/mol. The minimum absolute atomic E-state index is 0.191. The Kier molecular flexibility index (Phi) is 4.66. The molecule has 1 heterocycles. The van der Waals surface area contributed by atoms with Gasteiger partial charge in [-0.3, -0.25) is 0 Å². The van der Waals surface area contributed by atoms with Crippen LogP contribution in [0, 0.1) is 11.3 Å². The lowest BCUT2D eigenvalue weighted by molar-refractivity contribution is 0.409. The molecule has 102 valence electrons. The summed E-state index contributed by atoms with van der Waals surface area (Å²) in [4.78, 5) is 4.24. The van der Waals surface area contributed by atoms with Crippen molar-refractivity contribution in [3.05, 3.63) is 40.2 Å². The van der Waals surface area contributed by atoms with Crippen molar-refractivity contribution in [3.8, 4) is 17.5 Å². The second kappa shape index (κ2) is 6.46. The first kappa shape index (κ1) is 14.4. The van der Waals surface area contributed by atoms with Gasteiger partial charge < -0.3 is 9.84 Å². The molecule has 7 heteroatoms. The van der Waals surface area contributed by atoms with Crippen LogP contribution in [-0.2, 0) is 0 Å². The molecule has 2 rings (SSSR count). The molecule has 20 heavy (non-hydrogen) atoms. The summed E-state index contributed by atoms with van der Waals surface area (Å²) in [5, 5.41) is 17.4. The number of thioether (sulfide) groups is 1. The molecule has 0 radical (unpaired) electrons. The van der Waals surface area contributed by atoms with Crippen LogP contribution >= 0.6 is 23.4 Å². The fraction of sp³-hybridized carbons (Fsp3) is 0.154. The van der Waals surface area contributed by atoms with Gasteiger partial charge in [0.2, 0.25) is 5.82 Å². The van der Waals surface area contributed by atoms with Crippen molar-refractivity contribution in [2.75, 3.05) is 13.3 Å². The molecule has 2 aromatic rings. The molecular formula is C13H11ClN4OS. The summed E-state index contributed by atoms with van der Waals surface area (Å²) in [5.41, 5.74) is 1.10. The zero-order valence-electron chi connectivity index (χ0n) is 10.8. The number of hydrogen-bond acceptors (Lipinski definition) is 6. The predicted octanol–water partition coefficient (Wildman–Crippen LogP) is 3.16. The highest BCUT2D eigenvalue weighted by Crippen LogP contribution is 2.24. The van der Waals surface area contributed by atoms with Gasteiger partial charge in [0.25, 0.3) is 5.89 Å². The summed E-state index contributed by atoms with van der Waals surface area (Å²) in [5.74, 6) is 0.608. The van der Waals surface area contributed by atoms with Gasteiger partial charge in [0, 0.05) is 17.6 Å². The van der Waals surface area contributed by atoms with Gasteiger partial charge in [-0.2, -0.15) is 10.2 Å². The smallest absolute Gasteiger partial charge is 0.271 e. The molecule has 1 aromatic heterocycles. The summed E-state index contributed by atoms with van der Waals surface area (Å²) in [6.45, 7) is 0. The van der Waals surface area contributed by atoms with Crippen molar-refractivity contribution in [1.29, 1.82) is 5.26 Å². The molecule has 0 aliphatic heterocycles. The third-order valence-corrected chi connectivity index (χ3v) is 3.58. The second-order valence-corrected chi connectivity index (χ2v) is 4.95. The van der Waals surface area contributed by atoms with Gasteiger partial charge in [-0.1, -0.05) is 16.8 Å². The van der Waals surface area contributed by atoms with E-state index in [1.807, 2.05) is 6.26 Å². The summed E-state index contributed by atoms with van der Waals surface area (Å²) < 4.78 is 5.16. The van der Waals surface area contributed by atoms with Gasteiger partial charge in [0.1, 0.15) is 11.6 Å². The Labute approximate surface area is 125 Å². The Balaban J connectivity index is 2.40. The molecule has 0 unspecified atom stereocenters. The Morgan fingerprint density at radius 1 is 1.40 bits per heavy atom. The number of allylic oxidation sites excluding steroid dienone is 1. The van der Waals surface area contributed by atoms with E-state index in [0.717, 1.165) is 5.56 Å². The number of hydrogen-bond donors (Lipinski definition) is 1. The van der Waals surface area contributed by atoms with Gasteiger partial charge >= 0.3 is 0 Å². The fourth-order valence-electron chi connectivity index (χ4n) is 1.57. The zero-order chi connectivity index (χ0) is 14.5. The van der Waals surface area contributed by atoms with Crippen LogP contribution in [0.1, 0.15) is 5.89 Å². The van der Waals surface area contributed by atoms with Crippen molar-refractivity contribution >= 4 is 28.9 Å². The third-order valence-electron chi connectivity index (χ3n) is 2.51. The first-order valence-corrected chi connectivity index (χ1v) is 7.26. The summed E-state index contributed by atoms with van der Waals surface area (Å²) in [6, 6.07) is 9.15. The lowest BCUT2D eigenvalue weighted by Crippen LogP contribution is -2.04. The maximum atomic E-state index is 9.22. The number of aromatic nitrogens is 2. The van der Waals surface area contributed by atoms with Crippen LogP contribution < -0.4 is 5.32 Å². The number of benzene rings is 1. The number of nitriles is 1. The molecule has 0 fully saturated rings. The molecule has 0 saturated heterocycles. The summed E-state index contributed by atoms with van der Waals surface area (Å²) in [7, 11) is 1.74. The first-order chi connectivity index (χ1) is 9.69. The van der Waals surface area contributed by atoms with Crippen LogP contribution in [-0.4, -0.2) is 23.4 Å². The van der Waals surface area contributed by atoms with Gasteiger partial charge in [0.15, 0.2) is 0 Å². The van der Waals surface area contributed by atoms with E-state index in [1.54, 1.807) is 31.3 Å². The van der Waals surface area contributed by atoms with Gasteiger partial charge in [-0.05, 0) is 30.5 Å². The Bertz CT molecular complexity index is 666. The molecule has 0 spiro atoms. The Morgan fingerprint density at radius 3 is 2.65 bits per heavy atom. The standard InChI is InChI=1S/C13H11ClN4OS/c1-16-13(20-2)10(7-15)12-17-11(18-19-12)8-3-5-9(14)6-4-8/h3-6,16H,1-2H3/b13-10-. The van der Waals surface area contributed by atoms with Crippen LogP contribution in [0.4, 0.5) is 0 Å².